The van der Waals surface area contributed by atoms with Crippen molar-refractivity contribution in [2.75, 3.05) is 20.1 Å². The Morgan fingerprint density at radius 2 is 2.00 bits per heavy atom. The van der Waals surface area contributed by atoms with Crippen LogP contribution in [0.5, 0.6) is 5.75 Å². The molecule has 2 aromatic rings. The fourth-order valence-electron chi connectivity index (χ4n) is 2.90. The number of likely N-dealkylation sites (N-methyl/N-ethyl adjacent to an activating group) is 1. The lowest BCUT2D eigenvalue weighted by atomic mass is 10.0. The Morgan fingerprint density at radius 3 is 2.67 bits per heavy atom. The van der Waals surface area contributed by atoms with E-state index < -0.39 is 0 Å². The van der Waals surface area contributed by atoms with Crippen molar-refractivity contribution in [3.05, 3.63) is 70.3 Å². The van der Waals surface area contributed by atoms with Gasteiger partial charge < -0.3 is 15.8 Å². The van der Waals surface area contributed by atoms with Crippen LogP contribution in [-0.2, 0) is 6.54 Å². The van der Waals surface area contributed by atoms with Gasteiger partial charge in [0.25, 0.3) is 0 Å². The topological polar surface area (TPSA) is 59.4 Å². The number of nitrogens with one attached hydrogen (secondary N) is 2. The third-order valence-corrected chi connectivity index (χ3v) is 4.37. The minimum absolute atomic E-state index is 0.245. The number of hydrogen-bond donors (Lipinski definition) is 3. The summed E-state index contributed by atoms with van der Waals surface area (Å²) in [6.07, 6.45) is 0. The first-order valence-corrected chi connectivity index (χ1v) is 8.18. The molecule has 4 nitrogen and oxygen atoms in total. The smallest absolute Gasteiger partial charge is 0.115 e. The SMILES string of the molecule is CN1CC(=N)/C(=C(\NCc2cccc(O)c2)c2ccccc2Cl)C1. The van der Waals surface area contributed by atoms with Crippen molar-refractivity contribution in [2.24, 2.45) is 0 Å². The van der Waals surface area contributed by atoms with Gasteiger partial charge in [-0.1, -0.05) is 41.9 Å². The lowest BCUT2D eigenvalue weighted by Crippen LogP contribution is -2.17. The van der Waals surface area contributed by atoms with Crippen LogP contribution in [-0.4, -0.2) is 35.9 Å². The normalized spacial score (nSPS) is 17.2. The lowest BCUT2D eigenvalue weighted by molar-refractivity contribution is 0.444. The molecule has 1 aliphatic heterocycles. The minimum atomic E-state index is 0.245. The van der Waals surface area contributed by atoms with Crippen LogP contribution in [0.4, 0.5) is 0 Å². The van der Waals surface area contributed by atoms with E-state index in [0.717, 1.165) is 22.4 Å². The van der Waals surface area contributed by atoms with E-state index in [1.807, 2.05) is 43.4 Å². The summed E-state index contributed by atoms with van der Waals surface area (Å²) in [5.41, 5.74) is 4.33. The molecule has 0 amide bonds. The molecule has 1 heterocycles. The van der Waals surface area contributed by atoms with Gasteiger partial charge in [0.2, 0.25) is 0 Å². The number of hydrogen-bond acceptors (Lipinski definition) is 4. The predicted molar refractivity (Wildman–Crippen MR) is 98.5 cm³/mol. The van der Waals surface area contributed by atoms with E-state index >= 15 is 0 Å². The summed E-state index contributed by atoms with van der Waals surface area (Å²) in [5.74, 6) is 0.245. The largest absolute Gasteiger partial charge is 0.508 e. The standard InChI is InChI=1S/C19H20ClN3O/c1-23-11-16(18(21)12-23)19(15-7-2-3-8-17(15)20)22-10-13-5-4-6-14(24)9-13/h2-9,21-22,24H,10-12H2,1H3/b19-16-,21-18?. The van der Waals surface area contributed by atoms with E-state index in [1.54, 1.807) is 12.1 Å². The van der Waals surface area contributed by atoms with E-state index in [1.165, 1.54) is 0 Å². The maximum absolute atomic E-state index is 9.63. The molecule has 0 saturated carbocycles. The molecule has 1 aliphatic rings. The number of phenols is 1. The van der Waals surface area contributed by atoms with Gasteiger partial charge in [-0.3, -0.25) is 4.90 Å². The Hall–Kier alpha value is -2.30. The number of halogens is 1. The molecule has 0 aromatic heterocycles. The van der Waals surface area contributed by atoms with Gasteiger partial charge in [-0.05, 0) is 30.8 Å². The summed E-state index contributed by atoms with van der Waals surface area (Å²) >= 11 is 6.39. The highest BCUT2D eigenvalue weighted by Crippen LogP contribution is 2.27. The van der Waals surface area contributed by atoms with Crippen LogP contribution in [0.15, 0.2) is 54.1 Å². The zero-order valence-corrected chi connectivity index (χ0v) is 14.3. The van der Waals surface area contributed by atoms with Crippen molar-refractivity contribution in [2.45, 2.75) is 6.54 Å². The Labute approximate surface area is 146 Å². The molecule has 5 heteroatoms. The van der Waals surface area contributed by atoms with Crippen molar-refractivity contribution in [3.8, 4) is 5.75 Å². The van der Waals surface area contributed by atoms with Crippen molar-refractivity contribution in [3.63, 3.8) is 0 Å². The molecule has 1 saturated heterocycles. The summed E-state index contributed by atoms with van der Waals surface area (Å²) in [7, 11) is 2.00. The Balaban J connectivity index is 1.96. The summed E-state index contributed by atoms with van der Waals surface area (Å²) in [6.45, 7) is 1.90. The molecule has 0 bridgehead atoms. The van der Waals surface area contributed by atoms with Gasteiger partial charge in [-0.25, -0.2) is 0 Å². The number of benzene rings is 2. The molecule has 3 rings (SSSR count). The van der Waals surface area contributed by atoms with Crippen LogP contribution in [0.1, 0.15) is 11.1 Å². The minimum Gasteiger partial charge on any atom is -0.508 e. The second-order valence-corrected chi connectivity index (χ2v) is 6.41. The maximum Gasteiger partial charge on any atom is 0.115 e. The fourth-order valence-corrected chi connectivity index (χ4v) is 3.13. The van der Waals surface area contributed by atoms with Crippen molar-refractivity contribution < 1.29 is 5.11 Å². The van der Waals surface area contributed by atoms with E-state index in [9.17, 15) is 5.11 Å². The van der Waals surface area contributed by atoms with Gasteiger partial charge in [0, 0.05) is 41.5 Å². The van der Waals surface area contributed by atoms with Crippen LogP contribution in [0.25, 0.3) is 5.70 Å². The molecule has 0 atom stereocenters. The first-order valence-electron chi connectivity index (χ1n) is 7.81. The second kappa shape index (κ2) is 7.07. The molecule has 0 unspecified atom stereocenters. The zero-order chi connectivity index (χ0) is 17.1. The third kappa shape index (κ3) is 3.61. The van der Waals surface area contributed by atoms with Gasteiger partial charge >= 0.3 is 0 Å². The van der Waals surface area contributed by atoms with E-state index in [4.69, 9.17) is 17.0 Å². The number of phenolic OH excluding ortho intramolecular Hbond substituents is 1. The van der Waals surface area contributed by atoms with E-state index in [2.05, 4.69) is 10.2 Å². The lowest BCUT2D eigenvalue weighted by Gasteiger charge is -2.16. The van der Waals surface area contributed by atoms with E-state index in [0.29, 0.717) is 30.4 Å². The van der Waals surface area contributed by atoms with Gasteiger partial charge in [0.15, 0.2) is 0 Å². The summed E-state index contributed by atoms with van der Waals surface area (Å²) in [5, 5.41) is 22.0. The quantitative estimate of drug-likeness (QED) is 0.797. The molecule has 0 radical (unpaired) electrons. The molecule has 3 N–H and O–H groups in total. The van der Waals surface area contributed by atoms with Crippen LogP contribution in [0.2, 0.25) is 5.02 Å². The zero-order valence-electron chi connectivity index (χ0n) is 13.5. The Morgan fingerprint density at radius 1 is 1.21 bits per heavy atom. The molecular formula is C19H20ClN3O. The Bertz CT molecular complexity index is 801. The number of rotatable bonds is 4. The molecule has 0 spiro atoms. The van der Waals surface area contributed by atoms with Gasteiger partial charge in [-0.15, -0.1) is 0 Å². The van der Waals surface area contributed by atoms with Gasteiger partial charge in [0.1, 0.15) is 5.75 Å². The number of nitrogens with zero attached hydrogens (tertiary/aromatic N) is 1. The average molecular weight is 342 g/mol. The summed E-state index contributed by atoms with van der Waals surface area (Å²) in [6, 6.07) is 14.8. The highest BCUT2D eigenvalue weighted by molar-refractivity contribution is 6.32. The first-order chi connectivity index (χ1) is 11.5. The van der Waals surface area contributed by atoms with Crippen LogP contribution in [0, 0.1) is 5.41 Å². The predicted octanol–water partition coefficient (Wildman–Crippen LogP) is 3.51. The van der Waals surface area contributed by atoms with Crippen LogP contribution >= 0.6 is 11.6 Å². The summed E-state index contributed by atoms with van der Waals surface area (Å²) < 4.78 is 0. The molecule has 1 fully saturated rings. The van der Waals surface area contributed by atoms with Crippen LogP contribution in [0.3, 0.4) is 0 Å². The first kappa shape index (κ1) is 16.6. The van der Waals surface area contributed by atoms with E-state index in [-0.39, 0.29) is 5.75 Å². The number of aromatic hydroxyl groups is 1. The fraction of sp³-hybridized carbons (Fsp3) is 0.211. The maximum atomic E-state index is 9.63. The summed E-state index contributed by atoms with van der Waals surface area (Å²) in [4.78, 5) is 2.10. The molecule has 2 aromatic carbocycles. The van der Waals surface area contributed by atoms with Gasteiger partial charge in [-0.2, -0.15) is 0 Å². The molecule has 24 heavy (non-hydrogen) atoms. The third-order valence-electron chi connectivity index (χ3n) is 4.05. The monoisotopic (exact) mass is 341 g/mol. The number of likely N-dealkylation sites (tertiary alicyclic amines) is 1. The van der Waals surface area contributed by atoms with Crippen molar-refractivity contribution in [1.29, 1.82) is 5.41 Å². The Kier molecular flexibility index (Phi) is 4.88. The average Bonchev–Trinajstić information content (AvgIpc) is 2.88. The second-order valence-electron chi connectivity index (χ2n) is 6.01. The van der Waals surface area contributed by atoms with Crippen molar-refractivity contribution in [1.82, 2.24) is 10.2 Å². The molecule has 124 valence electrons. The molecular weight excluding hydrogens is 322 g/mol. The highest BCUT2D eigenvalue weighted by Gasteiger charge is 2.24. The van der Waals surface area contributed by atoms with Gasteiger partial charge in [0.05, 0.1) is 5.71 Å². The van der Waals surface area contributed by atoms with Crippen LogP contribution < -0.4 is 5.32 Å². The van der Waals surface area contributed by atoms with Crippen molar-refractivity contribution >= 4 is 23.0 Å². The molecule has 0 aliphatic carbocycles. The highest BCUT2D eigenvalue weighted by atomic mass is 35.5.